The zero-order valence-corrected chi connectivity index (χ0v) is 18.2. The van der Waals surface area contributed by atoms with Crippen LogP contribution >= 0.6 is 0 Å². The molecule has 1 atom stereocenters. The van der Waals surface area contributed by atoms with Gasteiger partial charge in [-0.05, 0) is 49.1 Å². The van der Waals surface area contributed by atoms with Crippen molar-refractivity contribution in [2.24, 2.45) is 0 Å². The number of benzene rings is 2. The third kappa shape index (κ3) is 3.95. The Hall–Kier alpha value is -3.39. The normalized spacial score (nSPS) is 22.6. The van der Waals surface area contributed by atoms with Crippen molar-refractivity contribution >= 4 is 23.5 Å². The molecule has 1 unspecified atom stereocenters. The van der Waals surface area contributed by atoms with Gasteiger partial charge in [0, 0.05) is 37.7 Å². The van der Waals surface area contributed by atoms with Crippen molar-refractivity contribution in [3.63, 3.8) is 0 Å². The second kappa shape index (κ2) is 8.51. The lowest BCUT2D eigenvalue weighted by Gasteiger charge is -2.36. The van der Waals surface area contributed by atoms with Gasteiger partial charge in [0.05, 0.1) is 0 Å². The zero-order chi connectivity index (χ0) is 23.0. The molecule has 0 saturated carbocycles. The molecule has 8 nitrogen and oxygen atoms in total. The Morgan fingerprint density at radius 3 is 2.48 bits per heavy atom. The Morgan fingerprint density at radius 1 is 0.970 bits per heavy atom. The van der Waals surface area contributed by atoms with Crippen LogP contribution in [0.4, 0.5) is 5.69 Å². The van der Waals surface area contributed by atoms with Gasteiger partial charge in [0.25, 0.3) is 0 Å². The topological polar surface area (TPSA) is 96.4 Å². The SMILES string of the molecule is O=C1OC2(CCCN(c3ccccc3CCN3CCC(c4ccccc4O)C3)C2=O)OC1=O. The summed E-state index contributed by atoms with van der Waals surface area (Å²) in [5.74, 6) is -3.93. The number of phenols is 1. The summed E-state index contributed by atoms with van der Waals surface area (Å²) in [6.45, 7) is 3.10. The number of carbonyl (C=O) groups excluding carboxylic acids is 3. The minimum Gasteiger partial charge on any atom is -0.508 e. The predicted molar refractivity (Wildman–Crippen MR) is 119 cm³/mol. The molecule has 1 spiro atoms. The third-order valence-electron chi connectivity index (χ3n) is 6.77. The van der Waals surface area contributed by atoms with E-state index in [4.69, 9.17) is 9.47 Å². The van der Waals surface area contributed by atoms with Crippen LogP contribution in [0.1, 0.15) is 36.3 Å². The van der Waals surface area contributed by atoms with Crippen LogP contribution in [0, 0.1) is 0 Å². The summed E-state index contributed by atoms with van der Waals surface area (Å²) in [7, 11) is 0. The average Bonchev–Trinajstić information content (AvgIpc) is 3.39. The van der Waals surface area contributed by atoms with Crippen LogP contribution in [0.2, 0.25) is 0 Å². The number of aromatic hydroxyl groups is 1. The first kappa shape index (κ1) is 21.5. The Labute approximate surface area is 191 Å². The molecule has 0 aromatic heterocycles. The standard InChI is InChI=1S/C25H26N2O6/c28-21-9-4-2-7-19(21)18-11-15-26(16-18)14-10-17-6-1-3-8-20(17)27-13-5-12-25(24(27)31)32-22(29)23(30)33-25/h1-4,6-9,18,28H,5,10-16H2. The summed E-state index contributed by atoms with van der Waals surface area (Å²) < 4.78 is 10.2. The van der Waals surface area contributed by atoms with Gasteiger partial charge in [-0.1, -0.05) is 36.4 Å². The highest BCUT2D eigenvalue weighted by Crippen LogP contribution is 2.37. The molecule has 8 heteroatoms. The highest BCUT2D eigenvalue weighted by Gasteiger charge is 2.58. The van der Waals surface area contributed by atoms with Crippen molar-refractivity contribution in [1.29, 1.82) is 0 Å². The van der Waals surface area contributed by atoms with Gasteiger partial charge in [0.15, 0.2) is 0 Å². The van der Waals surface area contributed by atoms with Gasteiger partial charge in [-0.25, -0.2) is 9.59 Å². The molecule has 0 bridgehead atoms. The number of rotatable bonds is 5. The van der Waals surface area contributed by atoms with Crippen molar-refractivity contribution in [3.05, 3.63) is 59.7 Å². The fourth-order valence-corrected chi connectivity index (χ4v) is 5.09. The number of hydrogen-bond acceptors (Lipinski definition) is 7. The van der Waals surface area contributed by atoms with Crippen LogP contribution in [-0.4, -0.2) is 59.8 Å². The maximum Gasteiger partial charge on any atom is 0.421 e. The lowest BCUT2D eigenvalue weighted by Crippen LogP contribution is -2.55. The molecular weight excluding hydrogens is 424 g/mol. The summed E-state index contributed by atoms with van der Waals surface area (Å²) in [5, 5.41) is 10.2. The van der Waals surface area contributed by atoms with Gasteiger partial charge in [-0.2, -0.15) is 0 Å². The average molecular weight is 450 g/mol. The largest absolute Gasteiger partial charge is 0.508 e. The highest BCUT2D eigenvalue weighted by atomic mass is 16.8. The number of esters is 2. The zero-order valence-electron chi connectivity index (χ0n) is 18.2. The number of anilines is 1. The molecule has 2 aromatic carbocycles. The van der Waals surface area contributed by atoms with Crippen LogP contribution in [0.5, 0.6) is 5.75 Å². The number of hydrogen-bond donors (Lipinski definition) is 1. The molecular formula is C25H26N2O6. The molecule has 3 aliphatic rings. The quantitative estimate of drug-likeness (QED) is 0.552. The van der Waals surface area contributed by atoms with Crippen LogP contribution in [0.15, 0.2) is 48.5 Å². The number of piperidine rings is 1. The Balaban J connectivity index is 1.28. The molecule has 2 aromatic rings. The molecule has 1 N–H and O–H groups in total. The molecule has 0 aliphatic carbocycles. The maximum atomic E-state index is 13.2. The fourth-order valence-electron chi connectivity index (χ4n) is 5.09. The minimum atomic E-state index is -1.83. The van der Waals surface area contributed by atoms with Gasteiger partial charge in [-0.3, -0.25) is 4.79 Å². The lowest BCUT2D eigenvalue weighted by molar-refractivity contribution is -0.192. The fraction of sp³-hybridized carbons (Fsp3) is 0.400. The summed E-state index contributed by atoms with van der Waals surface area (Å²) in [6, 6.07) is 15.2. The van der Waals surface area contributed by atoms with Crippen LogP contribution in [0.3, 0.4) is 0 Å². The Morgan fingerprint density at radius 2 is 1.70 bits per heavy atom. The molecule has 0 radical (unpaired) electrons. The molecule has 3 saturated heterocycles. The van der Waals surface area contributed by atoms with E-state index in [9.17, 15) is 19.5 Å². The third-order valence-corrected chi connectivity index (χ3v) is 6.77. The van der Waals surface area contributed by atoms with Gasteiger partial charge in [-0.15, -0.1) is 0 Å². The van der Waals surface area contributed by atoms with Crippen LogP contribution in [0.25, 0.3) is 0 Å². The minimum absolute atomic E-state index is 0.170. The first-order valence-electron chi connectivity index (χ1n) is 11.3. The number of ether oxygens (including phenoxy) is 2. The van der Waals surface area contributed by atoms with Crippen LogP contribution in [-0.2, 0) is 30.3 Å². The number of phenolic OH excluding ortho intramolecular Hbond substituents is 1. The second-order valence-corrected chi connectivity index (χ2v) is 8.82. The van der Waals surface area contributed by atoms with E-state index in [1.54, 1.807) is 11.0 Å². The number of carbonyl (C=O) groups is 3. The van der Waals surface area contributed by atoms with E-state index in [1.807, 2.05) is 42.5 Å². The molecule has 172 valence electrons. The number of likely N-dealkylation sites (tertiary alicyclic amines) is 1. The highest BCUT2D eigenvalue weighted by molar-refractivity contribution is 6.32. The molecule has 1 amide bonds. The molecule has 3 aliphatic heterocycles. The summed E-state index contributed by atoms with van der Waals surface area (Å²) in [5.41, 5.74) is 2.74. The van der Waals surface area contributed by atoms with Crippen molar-refractivity contribution in [2.75, 3.05) is 31.1 Å². The number of nitrogens with zero attached hydrogens (tertiary/aromatic N) is 2. The van der Waals surface area contributed by atoms with E-state index in [-0.39, 0.29) is 6.42 Å². The van der Waals surface area contributed by atoms with Gasteiger partial charge in [0.2, 0.25) is 0 Å². The summed E-state index contributed by atoms with van der Waals surface area (Å²) >= 11 is 0. The summed E-state index contributed by atoms with van der Waals surface area (Å²) in [6.07, 6.45) is 2.45. The van der Waals surface area contributed by atoms with Crippen molar-refractivity contribution in [3.8, 4) is 5.75 Å². The van der Waals surface area contributed by atoms with E-state index in [1.165, 1.54) is 0 Å². The molecule has 33 heavy (non-hydrogen) atoms. The first-order chi connectivity index (χ1) is 16.0. The van der Waals surface area contributed by atoms with E-state index in [0.29, 0.717) is 24.6 Å². The predicted octanol–water partition coefficient (Wildman–Crippen LogP) is 2.35. The van der Waals surface area contributed by atoms with Crippen molar-refractivity contribution in [1.82, 2.24) is 4.90 Å². The maximum absolute atomic E-state index is 13.2. The van der Waals surface area contributed by atoms with E-state index in [2.05, 4.69) is 4.90 Å². The summed E-state index contributed by atoms with van der Waals surface area (Å²) in [4.78, 5) is 40.4. The number of amides is 1. The second-order valence-electron chi connectivity index (χ2n) is 8.82. The lowest BCUT2D eigenvalue weighted by atomic mass is 9.97. The smallest absolute Gasteiger partial charge is 0.421 e. The van der Waals surface area contributed by atoms with Crippen LogP contribution < -0.4 is 4.90 Å². The van der Waals surface area contributed by atoms with Crippen molar-refractivity contribution in [2.45, 2.75) is 37.4 Å². The Kier molecular flexibility index (Phi) is 5.54. The van der Waals surface area contributed by atoms with E-state index < -0.39 is 23.6 Å². The molecule has 3 fully saturated rings. The van der Waals surface area contributed by atoms with Gasteiger partial charge < -0.3 is 24.4 Å². The van der Waals surface area contributed by atoms with Gasteiger partial charge in [0.1, 0.15) is 5.75 Å². The molecule has 3 heterocycles. The first-order valence-corrected chi connectivity index (χ1v) is 11.3. The van der Waals surface area contributed by atoms with E-state index >= 15 is 0 Å². The number of para-hydroxylation sites is 2. The Bertz CT molecular complexity index is 1080. The molecule has 5 rings (SSSR count). The van der Waals surface area contributed by atoms with E-state index in [0.717, 1.165) is 49.3 Å². The van der Waals surface area contributed by atoms with Gasteiger partial charge >= 0.3 is 23.6 Å². The van der Waals surface area contributed by atoms with Crippen molar-refractivity contribution < 1.29 is 29.0 Å². The monoisotopic (exact) mass is 450 g/mol.